The molecule has 112 valence electrons. The Hall–Kier alpha value is -1.40. The lowest BCUT2D eigenvalue weighted by molar-refractivity contribution is -0.140. The van der Waals surface area contributed by atoms with Gasteiger partial charge in [-0.2, -0.15) is 0 Å². The highest BCUT2D eigenvalue weighted by atomic mass is 79.9. The van der Waals surface area contributed by atoms with Gasteiger partial charge < -0.3 is 9.64 Å². The van der Waals surface area contributed by atoms with E-state index in [0.29, 0.717) is 12.8 Å². The number of hydrogen-bond acceptors (Lipinski definition) is 5. The molecule has 0 spiro atoms. The van der Waals surface area contributed by atoms with Gasteiger partial charge in [0.25, 0.3) is 0 Å². The van der Waals surface area contributed by atoms with Gasteiger partial charge in [0.15, 0.2) is 5.13 Å². The number of benzene rings is 1. The van der Waals surface area contributed by atoms with Crippen molar-refractivity contribution in [1.29, 1.82) is 0 Å². The number of methoxy groups -OCH3 is 1. The first kappa shape index (κ1) is 16.0. The molecule has 0 atom stereocenters. The van der Waals surface area contributed by atoms with Gasteiger partial charge in [-0.15, -0.1) is 11.3 Å². The molecule has 0 unspecified atom stereocenters. The molecule has 0 bridgehead atoms. The first-order chi connectivity index (χ1) is 10.1. The summed E-state index contributed by atoms with van der Waals surface area (Å²) in [4.78, 5) is 17.8. The zero-order valence-corrected chi connectivity index (χ0v) is 14.4. The summed E-state index contributed by atoms with van der Waals surface area (Å²) in [5.74, 6) is -0.201. The predicted octanol–water partition coefficient (Wildman–Crippen LogP) is 3.65. The van der Waals surface area contributed by atoms with Crippen LogP contribution in [0.1, 0.15) is 17.7 Å². The quantitative estimate of drug-likeness (QED) is 0.729. The molecule has 2 aromatic rings. The minimum atomic E-state index is -0.201. The number of aryl methyl sites for hydroxylation is 1. The fourth-order valence-electron chi connectivity index (χ4n) is 1.85. The fourth-order valence-corrected chi connectivity index (χ4v) is 2.94. The van der Waals surface area contributed by atoms with Crippen LogP contribution in [0.5, 0.6) is 0 Å². The molecular formula is C15H17BrN2O2S. The first-order valence-corrected chi connectivity index (χ1v) is 8.22. The Morgan fingerprint density at radius 2 is 2.10 bits per heavy atom. The van der Waals surface area contributed by atoms with Gasteiger partial charge in [0.1, 0.15) is 0 Å². The monoisotopic (exact) mass is 368 g/mol. The van der Waals surface area contributed by atoms with Crippen molar-refractivity contribution in [3.63, 3.8) is 0 Å². The van der Waals surface area contributed by atoms with E-state index in [1.54, 1.807) is 11.3 Å². The standard InChI is InChI=1S/C15H17BrN2O2S/c1-18(9-11-3-5-12(16)6-4-11)15-17-13(10-21-15)7-8-14(19)20-2/h3-6,10H,7-9H2,1-2H3. The predicted molar refractivity (Wildman–Crippen MR) is 88.7 cm³/mol. The zero-order chi connectivity index (χ0) is 15.2. The molecule has 0 N–H and O–H groups in total. The number of ether oxygens (including phenoxy) is 1. The number of esters is 1. The third kappa shape index (κ3) is 4.82. The van der Waals surface area contributed by atoms with E-state index in [1.165, 1.54) is 12.7 Å². The van der Waals surface area contributed by atoms with Gasteiger partial charge in [0, 0.05) is 29.9 Å². The fraction of sp³-hybridized carbons (Fsp3) is 0.333. The van der Waals surface area contributed by atoms with Crippen molar-refractivity contribution in [1.82, 2.24) is 4.98 Å². The van der Waals surface area contributed by atoms with Crippen molar-refractivity contribution in [2.24, 2.45) is 0 Å². The topological polar surface area (TPSA) is 42.4 Å². The van der Waals surface area contributed by atoms with Gasteiger partial charge >= 0.3 is 5.97 Å². The Morgan fingerprint density at radius 3 is 2.76 bits per heavy atom. The molecule has 1 heterocycles. The largest absolute Gasteiger partial charge is 0.469 e. The Kier molecular flexibility index (Phi) is 5.76. The highest BCUT2D eigenvalue weighted by Gasteiger charge is 2.09. The van der Waals surface area contributed by atoms with Crippen LogP contribution < -0.4 is 4.90 Å². The van der Waals surface area contributed by atoms with Crippen LogP contribution in [-0.2, 0) is 22.5 Å². The molecule has 0 aliphatic carbocycles. The SMILES string of the molecule is COC(=O)CCc1csc(N(C)Cc2ccc(Br)cc2)n1. The molecule has 6 heteroatoms. The number of aromatic nitrogens is 1. The maximum atomic E-state index is 11.1. The number of anilines is 1. The minimum Gasteiger partial charge on any atom is -0.469 e. The third-order valence-corrected chi connectivity index (χ3v) is 4.54. The van der Waals surface area contributed by atoms with E-state index in [2.05, 4.69) is 42.7 Å². The van der Waals surface area contributed by atoms with Gasteiger partial charge in [-0.3, -0.25) is 4.79 Å². The van der Waals surface area contributed by atoms with Crippen molar-refractivity contribution in [3.8, 4) is 0 Å². The minimum absolute atomic E-state index is 0.201. The molecule has 0 aliphatic rings. The molecule has 0 fully saturated rings. The zero-order valence-electron chi connectivity index (χ0n) is 12.0. The Balaban J connectivity index is 1.93. The van der Waals surface area contributed by atoms with Gasteiger partial charge in [-0.1, -0.05) is 28.1 Å². The number of carbonyl (C=O) groups excluding carboxylic acids is 1. The van der Waals surface area contributed by atoms with Crippen LogP contribution in [0.2, 0.25) is 0 Å². The molecule has 21 heavy (non-hydrogen) atoms. The van der Waals surface area contributed by atoms with E-state index in [4.69, 9.17) is 0 Å². The van der Waals surface area contributed by atoms with Crippen LogP contribution in [0.3, 0.4) is 0 Å². The summed E-state index contributed by atoms with van der Waals surface area (Å²) >= 11 is 5.03. The van der Waals surface area contributed by atoms with Crippen molar-refractivity contribution in [2.45, 2.75) is 19.4 Å². The summed E-state index contributed by atoms with van der Waals surface area (Å²) in [5, 5.41) is 2.95. The number of halogens is 1. The van der Waals surface area contributed by atoms with Gasteiger partial charge in [0.2, 0.25) is 0 Å². The molecule has 4 nitrogen and oxygen atoms in total. The van der Waals surface area contributed by atoms with Crippen LogP contribution >= 0.6 is 27.3 Å². The molecule has 2 rings (SSSR count). The molecule has 0 radical (unpaired) electrons. The van der Waals surface area contributed by atoms with Crippen molar-refractivity contribution < 1.29 is 9.53 Å². The van der Waals surface area contributed by atoms with E-state index in [9.17, 15) is 4.79 Å². The number of rotatable bonds is 6. The number of carbonyl (C=O) groups is 1. The van der Waals surface area contributed by atoms with E-state index < -0.39 is 0 Å². The van der Waals surface area contributed by atoms with Gasteiger partial charge in [-0.25, -0.2) is 4.98 Å². The first-order valence-electron chi connectivity index (χ1n) is 6.55. The number of hydrogen-bond donors (Lipinski definition) is 0. The van der Waals surface area contributed by atoms with Crippen LogP contribution in [0.4, 0.5) is 5.13 Å². The summed E-state index contributed by atoms with van der Waals surface area (Å²) in [5.41, 5.74) is 2.16. The summed E-state index contributed by atoms with van der Waals surface area (Å²) in [6.45, 7) is 0.803. The summed E-state index contributed by atoms with van der Waals surface area (Å²) in [6, 6.07) is 8.25. The highest BCUT2D eigenvalue weighted by molar-refractivity contribution is 9.10. The lowest BCUT2D eigenvalue weighted by Crippen LogP contribution is -2.16. The van der Waals surface area contributed by atoms with Gasteiger partial charge in [0.05, 0.1) is 19.2 Å². The summed E-state index contributed by atoms with van der Waals surface area (Å²) in [6.07, 6.45) is 0.991. The van der Waals surface area contributed by atoms with Crippen LogP contribution in [-0.4, -0.2) is 25.1 Å². The normalized spacial score (nSPS) is 10.4. The molecule has 0 aliphatic heterocycles. The Bertz CT molecular complexity index is 598. The number of nitrogens with zero attached hydrogens (tertiary/aromatic N) is 2. The lowest BCUT2D eigenvalue weighted by atomic mass is 10.2. The van der Waals surface area contributed by atoms with Crippen molar-refractivity contribution in [2.75, 3.05) is 19.1 Å². The molecule has 0 amide bonds. The second-order valence-corrected chi connectivity index (χ2v) is 6.43. The maximum Gasteiger partial charge on any atom is 0.305 e. The maximum absolute atomic E-state index is 11.1. The second-order valence-electron chi connectivity index (χ2n) is 4.68. The Morgan fingerprint density at radius 1 is 1.38 bits per heavy atom. The van der Waals surface area contributed by atoms with Crippen molar-refractivity contribution >= 4 is 38.4 Å². The molecule has 1 aromatic heterocycles. The average molecular weight is 369 g/mol. The second kappa shape index (κ2) is 7.56. The average Bonchev–Trinajstić information content (AvgIpc) is 2.96. The van der Waals surface area contributed by atoms with Crippen LogP contribution in [0.15, 0.2) is 34.1 Å². The van der Waals surface area contributed by atoms with Gasteiger partial charge in [-0.05, 0) is 17.7 Å². The summed E-state index contributed by atoms with van der Waals surface area (Å²) < 4.78 is 5.71. The van der Waals surface area contributed by atoms with E-state index >= 15 is 0 Å². The third-order valence-electron chi connectivity index (χ3n) is 3.01. The lowest BCUT2D eigenvalue weighted by Gasteiger charge is -2.15. The summed E-state index contributed by atoms with van der Waals surface area (Å²) in [7, 11) is 3.42. The number of thiazole rings is 1. The van der Waals surface area contributed by atoms with Crippen LogP contribution in [0, 0.1) is 0 Å². The molecule has 0 saturated carbocycles. The van der Waals surface area contributed by atoms with E-state index in [-0.39, 0.29) is 5.97 Å². The molecule has 1 aromatic carbocycles. The van der Waals surface area contributed by atoms with Crippen LogP contribution in [0.25, 0.3) is 0 Å². The highest BCUT2D eigenvalue weighted by Crippen LogP contribution is 2.22. The molecular weight excluding hydrogens is 352 g/mol. The van der Waals surface area contributed by atoms with Crippen molar-refractivity contribution in [3.05, 3.63) is 45.4 Å². The van der Waals surface area contributed by atoms with E-state index in [1.807, 2.05) is 24.6 Å². The molecule has 0 saturated heterocycles. The smallest absolute Gasteiger partial charge is 0.305 e. The Labute approximate surface area is 136 Å². The van der Waals surface area contributed by atoms with E-state index in [0.717, 1.165) is 21.8 Å².